The number of rotatable bonds is 5. The number of hydrogen-bond acceptors (Lipinski definition) is 4. The van der Waals surface area contributed by atoms with Gasteiger partial charge >= 0.3 is 0 Å². The molecular formula is C27H27F2N3O2. The normalized spacial score (nSPS) is 15.4. The summed E-state index contributed by atoms with van der Waals surface area (Å²) in [5.74, 6) is -0.662. The fourth-order valence-corrected chi connectivity index (χ4v) is 5.02. The van der Waals surface area contributed by atoms with Gasteiger partial charge in [0.15, 0.2) is 17.5 Å². The van der Waals surface area contributed by atoms with E-state index in [1.807, 2.05) is 12.1 Å². The average Bonchev–Trinajstić information content (AvgIpc) is 2.86. The van der Waals surface area contributed by atoms with Crippen molar-refractivity contribution in [3.8, 4) is 17.0 Å². The highest BCUT2D eigenvalue weighted by molar-refractivity contribution is 5.92. The molecule has 1 N–H and O–H groups in total. The molecule has 2 aromatic carbocycles. The number of aromatic nitrogens is 2. The third-order valence-corrected chi connectivity index (χ3v) is 6.79. The van der Waals surface area contributed by atoms with E-state index in [-0.39, 0.29) is 18.2 Å². The zero-order chi connectivity index (χ0) is 23.7. The summed E-state index contributed by atoms with van der Waals surface area (Å²) in [7, 11) is 1.66. The maximum atomic E-state index is 13.6. The third-order valence-electron chi connectivity index (χ3n) is 6.79. The maximum absolute atomic E-state index is 13.6. The van der Waals surface area contributed by atoms with E-state index in [0.29, 0.717) is 11.4 Å². The molecule has 0 atom stereocenters. The Kier molecular flexibility index (Phi) is 6.26. The van der Waals surface area contributed by atoms with Gasteiger partial charge in [0.2, 0.25) is 5.91 Å². The number of carbonyl (C=O) groups excluding carboxylic acids is 1. The topological polar surface area (TPSA) is 64.1 Å². The molecule has 0 bridgehead atoms. The summed E-state index contributed by atoms with van der Waals surface area (Å²) in [5.41, 5.74) is 5.21. The van der Waals surface area contributed by atoms with E-state index < -0.39 is 11.6 Å². The summed E-state index contributed by atoms with van der Waals surface area (Å²) in [6.07, 6.45) is 6.94. The molecule has 0 unspecified atom stereocenters. The van der Waals surface area contributed by atoms with Crippen molar-refractivity contribution in [3.63, 3.8) is 0 Å². The maximum Gasteiger partial charge on any atom is 0.229 e. The molecule has 1 aromatic heterocycles. The fourth-order valence-electron chi connectivity index (χ4n) is 5.02. The molecule has 3 aromatic rings. The van der Waals surface area contributed by atoms with Crippen LogP contribution in [0.3, 0.4) is 0 Å². The molecule has 1 fully saturated rings. The molecule has 34 heavy (non-hydrogen) atoms. The lowest BCUT2D eigenvalue weighted by atomic mass is 9.85. The first-order chi connectivity index (χ1) is 16.5. The SMILES string of the molecule is COc1ccc2c(c1)CCc1nc(NC(=O)Cc3ccc(F)c(F)c3)c(C3CCCCC3)nc1-2. The quantitative estimate of drug-likeness (QED) is 0.523. The van der Waals surface area contributed by atoms with E-state index in [0.717, 1.165) is 79.1 Å². The monoisotopic (exact) mass is 463 g/mol. The van der Waals surface area contributed by atoms with Crippen LogP contribution in [0.1, 0.15) is 60.5 Å². The molecule has 0 spiro atoms. The van der Waals surface area contributed by atoms with Crippen molar-refractivity contribution in [1.29, 1.82) is 0 Å². The highest BCUT2D eigenvalue weighted by Gasteiger charge is 2.27. The van der Waals surface area contributed by atoms with Crippen LogP contribution in [0, 0.1) is 11.6 Å². The lowest BCUT2D eigenvalue weighted by molar-refractivity contribution is -0.115. The van der Waals surface area contributed by atoms with Crippen molar-refractivity contribution < 1.29 is 18.3 Å². The lowest BCUT2D eigenvalue weighted by Gasteiger charge is -2.26. The summed E-state index contributed by atoms with van der Waals surface area (Å²) in [5, 5.41) is 2.93. The standard InChI is InChI=1S/C27H27F2N3O2/c1-34-19-9-10-20-18(15-19)8-12-23-26(20)32-25(17-5-3-2-4-6-17)27(30-23)31-24(33)14-16-7-11-21(28)22(29)13-16/h7,9-11,13,15,17H,2-6,8,12,14H2,1H3,(H,30,31,33). The Morgan fingerprint density at radius 2 is 1.85 bits per heavy atom. The predicted octanol–water partition coefficient (Wildman–Crippen LogP) is 5.76. The van der Waals surface area contributed by atoms with Gasteiger partial charge in [-0.25, -0.2) is 18.7 Å². The van der Waals surface area contributed by atoms with Crippen molar-refractivity contribution in [2.75, 3.05) is 12.4 Å². The molecule has 1 saturated carbocycles. The van der Waals surface area contributed by atoms with Crippen molar-refractivity contribution in [1.82, 2.24) is 9.97 Å². The number of benzene rings is 2. The predicted molar refractivity (Wildman–Crippen MR) is 126 cm³/mol. The molecule has 2 aliphatic carbocycles. The minimum absolute atomic E-state index is 0.0668. The smallest absolute Gasteiger partial charge is 0.229 e. The van der Waals surface area contributed by atoms with Crippen molar-refractivity contribution >= 4 is 11.7 Å². The first kappa shape index (κ1) is 22.4. The second kappa shape index (κ2) is 9.49. The number of halogens is 2. The number of fused-ring (bicyclic) bond motifs is 3. The molecule has 7 heteroatoms. The van der Waals surface area contributed by atoms with E-state index in [1.165, 1.54) is 18.1 Å². The summed E-state index contributed by atoms with van der Waals surface area (Å²) in [4.78, 5) is 22.8. The molecule has 1 heterocycles. The number of nitrogens with one attached hydrogen (secondary N) is 1. The number of nitrogens with zero attached hydrogens (tertiary/aromatic N) is 2. The van der Waals surface area contributed by atoms with Crippen LogP contribution in [0.15, 0.2) is 36.4 Å². The van der Waals surface area contributed by atoms with Crippen LogP contribution in [-0.4, -0.2) is 23.0 Å². The molecule has 0 aliphatic heterocycles. The van der Waals surface area contributed by atoms with Gasteiger partial charge in [0.05, 0.1) is 30.6 Å². The van der Waals surface area contributed by atoms with E-state index in [2.05, 4.69) is 11.4 Å². The van der Waals surface area contributed by atoms with Crippen LogP contribution in [0.2, 0.25) is 0 Å². The van der Waals surface area contributed by atoms with Crippen LogP contribution in [0.25, 0.3) is 11.3 Å². The van der Waals surface area contributed by atoms with Crippen LogP contribution >= 0.6 is 0 Å². The van der Waals surface area contributed by atoms with Crippen LogP contribution < -0.4 is 10.1 Å². The Balaban J connectivity index is 1.48. The largest absolute Gasteiger partial charge is 0.497 e. The number of hydrogen-bond donors (Lipinski definition) is 1. The van der Waals surface area contributed by atoms with E-state index >= 15 is 0 Å². The van der Waals surface area contributed by atoms with Gasteiger partial charge < -0.3 is 10.1 Å². The summed E-state index contributed by atoms with van der Waals surface area (Å²) >= 11 is 0. The van der Waals surface area contributed by atoms with Gasteiger partial charge in [-0.1, -0.05) is 25.3 Å². The summed E-state index contributed by atoms with van der Waals surface area (Å²) < 4.78 is 32.2. The zero-order valence-electron chi connectivity index (χ0n) is 19.2. The second-order valence-corrected chi connectivity index (χ2v) is 9.08. The Morgan fingerprint density at radius 3 is 2.62 bits per heavy atom. The molecule has 0 saturated heterocycles. The van der Waals surface area contributed by atoms with Crippen LogP contribution in [0.4, 0.5) is 14.6 Å². The highest BCUT2D eigenvalue weighted by Crippen LogP contribution is 2.39. The lowest BCUT2D eigenvalue weighted by Crippen LogP contribution is -2.21. The van der Waals surface area contributed by atoms with Crippen molar-refractivity contribution in [2.24, 2.45) is 0 Å². The Labute approximate surface area is 197 Å². The summed E-state index contributed by atoms with van der Waals surface area (Å²) in [6, 6.07) is 9.54. The number of methoxy groups -OCH3 is 1. The zero-order valence-corrected chi connectivity index (χ0v) is 19.2. The summed E-state index contributed by atoms with van der Waals surface area (Å²) in [6.45, 7) is 0. The molecule has 5 nitrogen and oxygen atoms in total. The Bertz CT molecular complexity index is 1240. The first-order valence-corrected chi connectivity index (χ1v) is 11.8. The number of aryl methyl sites for hydroxylation is 2. The van der Waals surface area contributed by atoms with Gasteiger partial charge in [-0.3, -0.25) is 4.79 Å². The van der Waals surface area contributed by atoms with Crippen LogP contribution in [-0.2, 0) is 24.1 Å². The van der Waals surface area contributed by atoms with Crippen LogP contribution in [0.5, 0.6) is 5.75 Å². The van der Waals surface area contributed by atoms with Gasteiger partial charge in [0.25, 0.3) is 0 Å². The average molecular weight is 464 g/mol. The Hall–Kier alpha value is -3.35. The second-order valence-electron chi connectivity index (χ2n) is 9.08. The number of carbonyl (C=O) groups is 1. The van der Waals surface area contributed by atoms with Gasteiger partial charge in [-0.2, -0.15) is 0 Å². The number of ether oxygens (including phenoxy) is 1. The highest BCUT2D eigenvalue weighted by atomic mass is 19.2. The van der Waals surface area contributed by atoms with Crippen molar-refractivity contribution in [2.45, 2.75) is 57.3 Å². The number of anilines is 1. The van der Waals surface area contributed by atoms with E-state index in [1.54, 1.807) is 7.11 Å². The van der Waals surface area contributed by atoms with Crippen molar-refractivity contribution in [3.05, 3.63) is 70.5 Å². The number of amides is 1. The van der Waals surface area contributed by atoms with Gasteiger partial charge in [0, 0.05) is 11.5 Å². The van der Waals surface area contributed by atoms with Gasteiger partial charge in [-0.15, -0.1) is 0 Å². The molecule has 5 rings (SSSR count). The van der Waals surface area contributed by atoms with E-state index in [9.17, 15) is 13.6 Å². The fraction of sp³-hybridized carbons (Fsp3) is 0.370. The Morgan fingerprint density at radius 1 is 1.03 bits per heavy atom. The first-order valence-electron chi connectivity index (χ1n) is 11.8. The minimum atomic E-state index is -0.961. The molecule has 176 valence electrons. The molecule has 0 radical (unpaired) electrons. The third kappa shape index (κ3) is 4.52. The minimum Gasteiger partial charge on any atom is -0.497 e. The van der Waals surface area contributed by atoms with E-state index in [4.69, 9.17) is 14.7 Å². The molecule has 2 aliphatic rings. The van der Waals surface area contributed by atoms with Gasteiger partial charge in [-0.05, 0) is 67.1 Å². The molecule has 1 amide bonds. The molecular weight excluding hydrogens is 436 g/mol. The van der Waals surface area contributed by atoms with Gasteiger partial charge in [0.1, 0.15) is 5.75 Å².